The molecule has 41 heavy (non-hydrogen) atoms. The van der Waals surface area contributed by atoms with Crippen LogP contribution in [0, 0.1) is 5.92 Å². The summed E-state index contributed by atoms with van der Waals surface area (Å²) in [6.07, 6.45) is 0. The van der Waals surface area contributed by atoms with Gasteiger partial charge in [-0.15, -0.1) is 0 Å². The van der Waals surface area contributed by atoms with Gasteiger partial charge in [0.15, 0.2) is 18.1 Å². The van der Waals surface area contributed by atoms with Gasteiger partial charge in [0.25, 0.3) is 5.91 Å². The van der Waals surface area contributed by atoms with E-state index in [-0.39, 0.29) is 23.8 Å². The van der Waals surface area contributed by atoms with Gasteiger partial charge >= 0.3 is 10.8 Å². The molecule has 0 bridgehead atoms. The van der Waals surface area contributed by atoms with Crippen LogP contribution in [-0.4, -0.2) is 70.8 Å². The number of carboxylic acid groups (broad SMARTS) is 1. The van der Waals surface area contributed by atoms with Crippen LogP contribution in [0.15, 0.2) is 52.3 Å². The number of methoxy groups -OCH3 is 1. The first kappa shape index (κ1) is 28.2. The standard InChI is InChI=1S/C27H25N3O9S2/c1-3-38-17-10-13(4-9-16(17)39-12-18(31)28-14-5-7-15(37-2)8-6-14)20-21-23(40-24-22(20)41-27(36)29-24)26(35)30(25(21)34)11-19(32)33/h4-10,20-21,23H,3,11-12H2,1-2H3,(H,28,31)(H,29,36)(H,32,33)/t20-,21?,23?/m1/s1. The summed E-state index contributed by atoms with van der Waals surface area (Å²) in [5, 5.41) is 11.6. The van der Waals surface area contributed by atoms with Crippen molar-refractivity contribution in [1.82, 2.24) is 9.88 Å². The topological polar surface area (TPSA) is 164 Å². The van der Waals surface area contributed by atoms with Crippen LogP contribution in [0.1, 0.15) is 23.3 Å². The number of anilines is 1. The van der Waals surface area contributed by atoms with Crippen molar-refractivity contribution < 1.29 is 38.5 Å². The first-order chi connectivity index (χ1) is 19.7. The van der Waals surface area contributed by atoms with Crippen LogP contribution < -0.4 is 24.4 Å². The molecule has 2 aliphatic heterocycles. The molecule has 14 heteroatoms. The minimum Gasteiger partial charge on any atom is -0.497 e. The summed E-state index contributed by atoms with van der Waals surface area (Å²) < 4.78 is 16.7. The minimum absolute atomic E-state index is 0.275. The number of hydrogen-bond donors (Lipinski definition) is 3. The van der Waals surface area contributed by atoms with E-state index in [1.807, 2.05) is 0 Å². The number of aromatic nitrogens is 1. The molecular formula is C27H25N3O9S2. The van der Waals surface area contributed by atoms with Crippen LogP contribution in [0.5, 0.6) is 17.2 Å². The van der Waals surface area contributed by atoms with Crippen molar-refractivity contribution in [2.24, 2.45) is 5.92 Å². The van der Waals surface area contributed by atoms with Gasteiger partial charge in [-0.1, -0.05) is 29.2 Å². The highest BCUT2D eigenvalue weighted by molar-refractivity contribution is 8.00. The van der Waals surface area contributed by atoms with Crippen LogP contribution in [0.3, 0.4) is 0 Å². The second-order valence-corrected chi connectivity index (χ2v) is 11.3. The Bertz CT molecular complexity index is 1570. The lowest BCUT2D eigenvalue weighted by Gasteiger charge is -2.30. The number of fused-ring (bicyclic) bond motifs is 2. The largest absolute Gasteiger partial charge is 0.497 e. The summed E-state index contributed by atoms with van der Waals surface area (Å²) in [7, 11) is 1.55. The molecule has 3 N–H and O–H groups in total. The van der Waals surface area contributed by atoms with E-state index in [9.17, 15) is 29.1 Å². The molecule has 2 aliphatic rings. The number of carbonyl (C=O) groups excluding carboxylic acids is 3. The highest BCUT2D eigenvalue weighted by Crippen LogP contribution is 2.53. The molecule has 1 aromatic heterocycles. The number of likely N-dealkylation sites (tertiary alicyclic amines) is 1. The highest BCUT2D eigenvalue weighted by Gasteiger charge is 2.56. The number of amides is 3. The molecule has 3 atom stereocenters. The summed E-state index contributed by atoms with van der Waals surface area (Å²) in [6.45, 7) is 1.00. The molecule has 5 rings (SSSR count). The first-order valence-corrected chi connectivity index (χ1v) is 14.2. The van der Waals surface area contributed by atoms with Gasteiger partial charge in [-0.2, -0.15) is 0 Å². The maximum atomic E-state index is 13.4. The molecule has 1 saturated heterocycles. The highest BCUT2D eigenvalue weighted by atomic mass is 32.2. The van der Waals surface area contributed by atoms with E-state index in [1.54, 1.807) is 56.5 Å². The van der Waals surface area contributed by atoms with Crippen molar-refractivity contribution in [1.29, 1.82) is 0 Å². The fourth-order valence-electron chi connectivity index (χ4n) is 4.84. The lowest BCUT2D eigenvalue weighted by Crippen LogP contribution is -2.36. The second kappa shape index (κ2) is 11.7. The quantitative estimate of drug-likeness (QED) is 0.295. The zero-order chi connectivity index (χ0) is 29.3. The Labute approximate surface area is 241 Å². The Hall–Kier alpha value is -4.30. The average molecular weight is 600 g/mol. The lowest BCUT2D eigenvalue weighted by atomic mass is 9.83. The molecule has 2 unspecified atom stereocenters. The molecular weight excluding hydrogens is 574 g/mol. The number of aliphatic carboxylic acids is 1. The third-order valence-corrected chi connectivity index (χ3v) is 8.97. The van der Waals surface area contributed by atoms with Gasteiger partial charge in [0.2, 0.25) is 11.8 Å². The van der Waals surface area contributed by atoms with Crippen LogP contribution >= 0.6 is 23.1 Å². The third-order valence-electron chi connectivity index (χ3n) is 6.57. The minimum atomic E-state index is -1.30. The summed E-state index contributed by atoms with van der Waals surface area (Å²) in [5.41, 5.74) is 1.15. The number of benzene rings is 2. The van der Waals surface area contributed by atoms with E-state index >= 15 is 0 Å². The zero-order valence-electron chi connectivity index (χ0n) is 21.9. The molecule has 0 aliphatic carbocycles. The molecule has 214 valence electrons. The second-order valence-electron chi connectivity index (χ2n) is 9.11. The molecule has 0 spiro atoms. The molecule has 12 nitrogen and oxygen atoms in total. The Kier molecular flexibility index (Phi) is 8.03. The van der Waals surface area contributed by atoms with Crippen molar-refractivity contribution in [3.63, 3.8) is 0 Å². The van der Waals surface area contributed by atoms with E-state index in [4.69, 9.17) is 14.2 Å². The Morgan fingerprint density at radius 3 is 2.49 bits per heavy atom. The van der Waals surface area contributed by atoms with Crippen LogP contribution in [0.4, 0.5) is 5.69 Å². The Morgan fingerprint density at radius 1 is 1.05 bits per heavy atom. The van der Waals surface area contributed by atoms with E-state index in [1.165, 1.54) is 0 Å². The molecule has 3 amide bonds. The smallest absolute Gasteiger partial charge is 0.323 e. The van der Waals surface area contributed by atoms with Crippen molar-refractivity contribution in [2.45, 2.75) is 23.1 Å². The molecule has 2 aromatic carbocycles. The van der Waals surface area contributed by atoms with Gasteiger partial charge in [-0.05, 0) is 48.9 Å². The molecule has 3 aromatic rings. The van der Waals surface area contributed by atoms with Gasteiger partial charge in [0.1, 0.15) is 17.5 Å². The number of aromatic amines is 1. The zero-order valence-corrected chi connectivity index (χ0v) is 23.5. The van der Waals surface area contributed by atoms with E-state index in [2.05, 4.69) is 10.3 Å². The van der Waals surface area contributed by atoms with Crippen LogP contribution in [-0.2, 0) is 19.2 Å². The van der Waals surface area contributed by atoms with E-state index in [0.717, 1.165) is 28.0 Å². The Balaban J connectivity index is 1.41. The van der Waals surface area contributed by atoms with Gasteiger partial charge in [-0.3, -0.25) is 28.9 Å². The van der Waals surface area contributed by atoms with Crippen molar-refractivity contribution in [2.75, 3.05) is 32.2 Å². The molecule has 0 saturated carbocycles. The number of nitrogens with zero attached hydrogens (tertiary/aromatic N) is 1. The number of rotatable bonds is 10. The van der Waals surface area contributed by atoms with E-state index < -0.39 is 47.3 Å². The third kappa shape index (κ3) is 5.65. The predicted molar refractivity (Wildman–Crippen MR) is 149 cm³/mol. The summed E-state index contributed by atoms with van der Waals surface area (Å²) in [6, 6.07) is 11.8. The van der Waals surface area contributed by atoms with Gasteiger partial charge in [0, 0.05) is 16.5 Å². The Morgan fingerprint density at radius 2 is 1.80 bits per heavy atom. The van der Waals surface area contributed by atoms with Gasteiger partial charge in [0.05, 0.1) is 24.7 Å². The average Bonchev–Trinajstić information content (AvgIpc) is 3.43. The summed E-state index contributed by atoms with van der Waals surface area (Å²) in [5.74, 6) is -3.30. The molecule has 3 heterocycles. The number of ether oxygens (including phenoxy) is 3. The number of H-pyrrole nitrogens is 1. The number of carbonyl (C=O) groups is 4. The number of nitrogens with one attached hydrogen (secondary N) is 2. The first-order valence-electron chi connectivity index (χ1n) is 12.5. The van der Waals surface area contributed by atoms with Crippen LogP contribution in [0.2, 0.25) is 0 Å². The van der Waals surface area contributed by atoms with Crippen molar-refractivity contribution in [3.8, 4) is 17.2 Å². The number of carboxylic acids is 1. The number of imide groups is 1. The number of thiazole rings is 1. The fraction of sp³-hybridized carbons (Fsp3) is 0.296. The van der Waals surface area contributed by atoms with Gasteiger partial charge < -0.3 is 29.6 Å². The summed E-state index contributed by atoms with van der Waals surface area (Å²) in [4.78, 5) is 66.3. The van der Waals surface area contributed by atoms with Crippen LogP contribution in [0.25, 0.3) is 0 Å². The lowest BCUT2D eigenvalue weighted by molar-refractivity contribution is -0.149. The summed E-state index contributed by atoms with van der Waals surface area (Å²) >= 11 is 2.00. The van der Waals surface area contributed by atoms with Gasteiger partial charge in [-0.25, -0.2) is 0 Å². The van der Waals surface area contributed by atoms with Crippen molar-refractivity contribution >= 4 is 52.5 Å². The molecule has 1 fully saturated rings. The van der Waals surface area contributed by atoms with E-state index in [0.29, 0.717) is 32.7 Å². The normalized spacial score (nSPS) is 19.4. The predicted octanol–water partition coefficient (Wildman–Crippen LogP) is 2.54. The fourth-order valence-corrected chi connectivity index (χ4v) is 7.38. The number of thioether (sulfide) groups is 1. The maximum absolute atomic E-state index is 13.4. The molecule has 0 radical (unpaired) electrons. The number of hydrogen-bond acceptors (Lipinski definition) is 10. The SMILES string of the molecule is CCOc1cc([C@H]2c3sc(=O)[nH]c3SC3C(=O)N(CC(=O)O)C(=O)C32)ccc1OCC(=O)Nc1ccc(OC)cc1. The van der Waals surface area contributed by atoms with Crippen molar-refractivity contribution in [3.05, 3.63) is 62.6 Å². The maximum Gasteiger partial charge on any atom is 0.323 e. The monoisotopic (exact) mass is 599 g/mol.